The third kappa shape index (κ3) is 7.52. The van der Waals surface area contributed by atoms with Crippen LogP contribution in [0.2, 0.25) is 0 Å². The third-order valence-electron chi connectivity index (χ3n) is 4.50. The minimum atomic E-state index is -0.504. The van der Waals surface area contributed by atoms with Crippen LogP contribution in [0.5, 0.6) is 0 Å². The lowest BCUT2D eigenvalue weighted by molar-refractivity contribution is -0.144. The zero-order chi connectivity index (χ0) is 20.2. The number of nitrogens with zero attached hydrogens (tertiary/aromatic N) is 1. The van der Waals surface area contributed by atoms with E-state index >= 15 is 0 Å². The molecular weight excluding hydrogens is 360 g/mol. The molecule has 0 unspecified atom stereocenters. The fourth-order valence-corrected chi connectivity index (χ4v) is 2.97. The zero-order valence-electron chi connectivity index (χ0n) is 16.0. The first-order valence-electron chi connectivity index (χ1n) is 9.61. The lowest BCUT2D eigenvalue weighted by Crippen LogP contribution is -2.39. The van der Waals surface area contributed by atoms with Crippen LogP contribution in [0.15, 0.2) is 42.5 Å². The number of ether oxygens (including phenoxy) is 1. The molecule has 1 aromatic rings. The molecule has 0 aliphatic carbocycles. The number of carbonyl (C=O) groups is 3. The van der Waals surface area contributed by atoms with Gasteiger partial charge in [0, 0.05) is 25.9 Å². The van der Waals surface area contributed by atoms with Gasteiger partial charge in [0.15, 0.2) is 0 Å². The molecule has 0 fully saturated rings. The number of benzene rings is 1. The van der Waals surface area contributed by atoms with E-state index in [9.17, 15) is 19.5 Å². The lowest BCUT2D eigenvalue weighted by Gasteiger charge is -2.24. The monoisotopic (exact) mass is 388 g/mol. The quantitative estimate of drug-likeness (QED) is 0.568. The second-order valence-corrected chi connectivity index (χ2v) is 6.68. The highest BCUT2D eigenvalue weighted by Gasteiger charge is 2.24. The molecule has 1 aliphatic rings. The molecule has 0 bridgehead atoms. The second-order valence-electron chi connectivity index (χ2n) is 6.68. The maximum Gasteiger partial charge on any atom is 0.306 e. The van der Waals surface area contributed by atoms with E-state index in [0.717, 1.165) is 5.56 Å². The van der Waals surface area contributed by atoms with Crippen molar-refractivity contribution in [3.63, 3.8) is 0 Å². The highest BCUT2D eigenvalue weighted by atomic mass is 16.5. The topological polar surface area (TPSA) is 95.9 Å². The molecule has 1 heterocycles. The summed E-state index contributed by atoms with van der Waals surface area (Å²) in [5.74, 6) is -1.20. The Balaban J connectivity index is 2.02. The van der Waals surface area contributed by atoms with Crippen molar-refractivity contribution in [3.8, 4) is 0 Å². The average molecular weight is 388 g/mol. The summed E-state index contributed by atoms with van der Waals surface area (Å²) in [4.78, 5) is 38.3. The number of amides is 2. The van der Waals surface area contributed by atoms with Crippen LogP contribution in [0, 0.1) is 5.92 Å². The van der Waals surface area contributed by atoms with Gasteiger partial charge in [-0.25, -0.2) is 0 Å². The van der Waals surface area contributed by atoms with Gasteiger partial charge in [-0.1, -0.05) is 42.5 Å². The minimum Gasteiger partial charge on any atom is -0.464 e. The van der Waals surface area contributed by atoms with Crippen LogP contribution in [-0.4, -0.2) is 54.1 Å². The summed E-state index contributed by atoms with van der Waals surface area (Å²) in [6.07, 6.45) is 5.00. The SMILES string of the molecule is O=C1CCC=CC[C@H](CC(=O)N(CCO)Cc2ccccc2)C(=O)NCCO1. The number of allylic oxidation sites excluding steroid dienone is 2. The van der Waals surface area contributed by atoms with Gasteiger partial charge >= 0.3 is 5.97 Å². The van der Waals surface area contributed by atoms with Crippen molar-refractivity contribution in [3.05, 3.63) is 48.0 Å². The van der Waals surface area contributed by atoms with E-state index in [0.29, 0.717) is 25.8 Å². The molecule has 1 aliphatic heterocycles. The van der Waals surface area contributed by atoms with Crippen molar-refractivity contribution < 1.29 is 24.2 Å². The Kier molecular flexibility index (Phi) is 9.21. The van der Waals surface area contributed by atoms with Crippen LogP contribution in [-0.2, 0) is 25.7 Å². The molecule has 0 spiro atoms. The van der Waals surface area contributed by atoms with Crippen molar-refractivity contribution in [1.82, 2.24) is 10.2 Å². The summed E-state index contributed by atoms with van der Waals surface area (Å²) in [5.41, 5.74) is 0.967. The van der Waals surface area contributed by atoms with E-state index in [2.05, 4.69) is 5.32 Å². The van der Waals surface area contributed by atoms with E-state index < -0.39 is 5.92 Å². The Hall–Kier alpha value is -2.67. The molecule has 0 aromatic heterocycles. The molecule has 152 valence electrons. The standard InChI is InChI=1S/C21H28N2O5/c24-13-12-23(16-17-7-3-1-4-8-17)19(25)15-18-9-5-2-6-10-20(26)28-14-11-22-21(18)27/h1-5,7-8,18,24H,6,9-16H2,(H,22,27)/t18-/m1/s1. The first kappa shape index (κ1) is 21.6. The van der Waals surface area contributed by atoms with Crippen LogP contribution < -0.4 is 5.32 Å². The number of aliphatic hydroxyl groups excluding tert-OH is 1. The van der Waals surface area contributed by atoms with Gasteiger partial charge in [-0.15, -0.1) is 0 Å². The number of carbonyl (C=O) groups excluding carboxylic acids is 3. The summed E-state index contributed by atoms with van der Waals surface area (Å²) in [7, 11) is 0. The van der Waals surface area contributed by atoms with Gasteiger partial charge in [0.1, 0.15) is 6.61 Å². The molecule has 7 heteroatoms. The molecule has 2 rings (SSSR count). The van der Waals surface area contributed by atoms with E-state index in [4.69, 9.17) is 4.74 Å². The highest BCUT2D eigenvalue weighted by Crippen LogP contribution is 2.15. The maximum absolute atomic E-state index is 12.8. The maximum atomic E-state index is 12.8. The number of nitrogens with one attached hydrogen (secondary N) is 1. The normalized spacial score (nSPS) is 18.4. The molecular formula is C21H28N2O5. The van der Waals surface area contributed by atoms with Crippen LogP contribution in [0.4, 0.5) is 0 Å². The van der Waals surface area contributed by atoms with Crippen molar-refractivity contribution in [1.29, 1.82) is 0 Å². The summed E-state index contributed by atoms with van der Waals surface area (Å²) in [6, 6.07) is 9.54. The first-order valence-corrected chi connectivity index (χ1v) is 9.61. The van der Waals surface area contributed by atoms with E-state index in [1.165, 1.54) is 0 Å². The smallest absolute Gasteiger partial charge is 0.306 e. The summed E-state index contributed by atoms with van der Waals surface area (Å²) in [5, 5.41) is 12.1. The summed E-state index contributed by atoms with van der Waals surface area (Å²) < 4.78 is 5.03. The number of esters is 1. The molecule has 2 amide bonds. The Morgan fingerprint density at radius 2 is 2.00 bits per heavy atom. The summed E-state index contributed by atoms with van der Waals surface area (Å²) in [6.45, 7) is 0.817. The van der Waals surface area contributed by atoms with Crippen LogP contribution in [0.3, 0.4) is 0 Å². The predicted octanol–water partition coefficient (Wildman–Crippen LogP) is 1.41. The number of cyclic esters (lactones) is 1. The van der Waals surface area contributed by atoms with E-state index in [1.807, 2.05) is 42.5 Å². The molecule has 1 aromatic carbocycles. The van der Waals surface area contributed by atoms with Gasteiger partial charge in [-0.2, -0.15) is 0 Å². The Morgan fingerprint density at radius 1 is 1.21 bits per heavy atom. The second kappa shape index (κ2) is 11.9. The van der Waals surface area contributed by atoms with Crippen LogP contribution >= 0.6 is 0 Å². The number of aliphatic hydroxyl groups is 1. The zero-order valence-corrected chi connectivity index (χ0v) is 16.0. The van der Waals surface area contributed by atoms with Gasteiger partial charge < -0.3 is 20.1 Å². The Bertz CT molecular complexity index is 675. The predicted molar refractivity (Wildman–Crippen MR) is 104 cm³/mol. The minimum absolute atomic E-state index is 0.0583. The fraction of sp³-hybridized carbons (Fsp3) is 0.476. The van der Waals surface area contributed by atoms with E-state index in [-0.39, 0.29) is 50.5 Å². The average Bonchev–Trinajstić information content (AvgIpc) is 2.69. The molecule has 7 nitrogen and oxygen atoms in total. The molecule has 2 N–H and O–H groups in total. The van der Waals surface area contributed by atoms with Gasteiger partial charge in [0.2, 0.25) is 11.8 Å². The highest BCUT2D eigenvalue weighted by molar-refractivity contribution is 5.86. The van der Waals surface area contributed by atoms with Crippen LogP contribution in [0.1, 0.15) is 31.2 Å². The van der Waals surface area contributed by atoms with Gasteiger partial charge in [-0.05, 0) is 18.4 Å². The van der Waals surface area contributed by atoms with Gasteiger partial charge in [0.05, 0.1) is 19.1 Å². The van der Waals surface area contributed by atoms with Crippen molar-refractivity contribution >= 4 is 17.8 Å². The fourth-order valence-electron chi connectivity index (χ4n) is 2.97. The van der Waals surface area contributed by atoms with Crippen LogP contribution in [0.25, 0.3) is 0 Å². The van der Waals surface area contributed by atoms with Crippen molar-refractivity contribution in [2.24, 2.45) is 5.92 Å². The van der Waals surface area contributed by atoms with Crippen molar-refractivity contribution in [2.75, 3.05) is 26.3 Å². The number of rotatable bonds is 6. The molecule has 1 atom stereocenters. The molecule has 0 saturated carbocycles. The van der Waals surface area contributed by atoms with Crippen molar-refractivity contribution in [2.45, 2.75) is 32.2 Å². The van der Waals surface area contributed by atoms with Gasteiger partial charge in [0.25, 0.3) is 0 Å². The Labute approximate surface area is 165 Å². The molecule has 0 saturated heterocycles. The molecule has 28 heavy (non-hydrogen) atoms. The molecule has 0 radical (unpaired) electrons. The van der Waals surface area contributed by atoms with E-state index in [1.54, 1.807) is 4.90 Å². The Morgan fingerprint density at radius 3 is 2.75 bits per heavy atom. The largest absolute Gasteiger partial charge is 0.464 e. The van der Waals surface area contributed by atoms with Gasteiger partial charge in [-0.3, -0.25) is 14.4 Å². The number of hydrogen-bond donors (Lipinski definition) is 2. The first-order chi connectivity index (χ1) is 13.6. The third-order valence-corrected chi connectivity index (χ3v) is 4.50. The number of hydrogen-bond acceptors (Lipinski definition) is 5. The lowest BCUT2D eigenvalue weighted by atomic mass is 9.98. The summed E-state index contributed by atoms with van der Waals surface area (Å²) >= 11 is 0.